The number of aromatic nitrogens is 1. The average molecular weight is 303 g/mol. The van der Waals surface area contributed by atoms with Gasteiger partial charge in [0.2, 0.25) is 0 Å². The van der Waals surface area contributed by atoms with Gasteiger partial charge in [0.05, 0.1) is 0 Å². The van der Waals surface area contributed by atoms with Crippen LogP contribution in [-0.4, -0.2) is 35.6 Å². The average Bonchev–Trinajstić information content (AvgIpc) is 2.61. The van der Waals surface area contributed by atoms with Crippen molar-refractivity contribution < 1.29 is 0 Å². The predicted molar refractivity (Wildman–Crippen MR) is 94.1 cm³/mol. The lowest BCUT2D eigenvalue weighted by molar-refractivity contribution is 0.00594. The van der Waals surface area contributed by atoms with Crippen LogP contribution in [0.25, 0.3) is 10.8 Å². The highest BCUT2D eigenvalue weighted by molar-refractivity contribution is 5.88. The van der Waals surface area contributed by atoms with Crippen molar-refractivity contribution in [3.05, 3.63) is 77.6 Å². The Morgan fingerprint density at radius 1 is 1.00 bits per heavy atom. The molecule has 1 aliphatic heterocycles. The summed E-state index contributed by atoms with van der Waals surface area (Å²) in [6.45, 7) is 1.92. The number of rotatable bonds is 2. The van der Waals surface area contributed by atoms with Crippen molar-refractivity contribution in [2.24, 2.45) is 0 Å². The van der Waals surface area contributed by atoms with Gasteiger partial charge in [-0.2, -0.15) is 0 Å². The van der Waals surface area contributed by atoms with Crippen LogP contribution < -0.4 is 0 Å². The van der Waals surface area contributed by atoms with Crippen LogP contribution in [0, 0.1) is 0 Å². The van der Waals surface area contributed by atoms with Gasteiger partial charge in [-0.15, -0.1) is 0 Å². The normalized spacial score (nSPS) is 18.3. The van der Waals surface area contributed by atoms with Crippen LogP contribution in [0.1, 0.15) is 22.7 Å². The monoisotopic (exact) mass is 303 g/mol. The zero-order valence-corrected chi connectivity index (χ0v) is 13.6. The lowest BCUT2D eigenvalue weighted by Crippen LogP contribution is -2.42. The second-order valence-corrected chi connectivity index (χ2v) is 6.36. The molecule has 0 amide bonds. The van der Waals surface area contributed by atoms with Gasteiger partial charge in [0.1, 0.15) is 0 Å². The molecule has 3 aromatic rings. The van der Waals surface area contributed by atoms with E-state index in [1.807, 2.05) is 12.3 Å². The van der Waals surface area contributed by atoms with Gasteiger partial charge in [0.15, 0.2) is 0 Å². The van der Waals surface area contributed by atoms with E-state index in [2.05, 4.69) is 77.6 Å². The summed E-state index contributed by atoms with van der Waals surface area (Å²) in [5.41, 5.74) is 4.00. The largest absolute Gasteiger partial charge is 0.261 e. The van der Waals surface area contributed by atoms with Gasteiger partial charge >= 0.3 is 0 Å². The minimum atomic E-state index is 0.299. The van der Waals surface area contributed by atoms with Crippen LogP contribution in [0.2, 0.25) is 0 Å². The Labute approximate surface area is 137 Å². The fourth-order valence-corrected chi connectivity index (χ4v) is 3.58. The van der Waals surface area contributed by atoms with E-state index in [0.29, 0.717) is 5.92 Å². The molecule has 0 N–H and O–H groups in total. The van der Waals surface area contributed by atoms with Gasteiger partial charge in [-0.3, -0.25) is 4.98 Å². The summed E-state index contributed by atoms with van der Waals surface area (Å²) in [6, 6.07) is 19.4. The number of benzene rings is 2. The van der Waals surface area contributed by atoms with Gasteiger partial charge in [-0.1, -0.05) is 42.5 Å². The van der Waals surface area contributed by atoms with Crippen molar-refractivity contribution >= 4 is 10.8 Å². The standard InChI is InChI=1S/C20H21N3/c1-22(2)23-13-16-11-10-15-7-3-4-8-17(15)20(16)18(14-23)19-9-5-6-12-21-19/h3-12,18H,13-14H2,1-2H3. The maximum atomic E-state index is 4.66. The summed E-state index contributed by atoms with van der Waals surface area (Å²) in [6.07, 6.45) is 1.90. The molecule has 0 radical (unpaired) electrons. The molecule has 23 heavy (non-hydrogen) atoms. The summed E-state index contributed by atoms with van der Waals surface area (Å²) in [5, 5.41) is 7.24. The molecule has 1 unspecified atom stereocenters. The minimum absolute atomic E-state index is 0.299. The molecule has 4 rings (SSSR count). The van der Waals surface area contributed by atoms with Crippen LogP contribution in [0.4, 0.5) is 0 Å². The molecule has 0 saturated carbocycles. The van der Waals surface area contributed by atoms with E-state index in [1.54, 1.807) is 0 Å². The molecule has 3 heteroatoms. The Morgan fingerprint density at radius 2 is 1.83 bits per heavy atom. The van der Waals surface area contributed by atoms with E-state index in [1.165, 1.54) is 21.9 Å². The lowest BCUT2D eigenvalue weighted by Gasteiger charge is -2.38. The quantitative estimate of drug-likeness (QED) is 0.720. The SMILES string of the molecule is CN(C)N1Cc2ccc3ccccc3c2C(c2ccccn2)C1. The van der Waals surface area contributed by atoms with Gasteiger partial charge in [0.25, 0.3) is 0 Å². The van der Waals surface area contributed by atoms with Crippen LogP contribution in [0.15, 0.2) is 60.8 Å². The number of hydrogen-bond acceptors (Lipinski definition) is 3. The third-order valence-corrected chi connectivity index (χ3v) is 4.77. The first-order valence-electron chi connectivity index (χ1n) is 8.07. The minimum Gasteiger partial charge on any atom is -0.261 e. The smallest absolute Gasteiger partial charge is 0.0492 e. The number of pyridine rings is 1. The lowest BCUT2D eigenvalue weighted by atomic mass is 9.84. The molecule has 1 atom stereocenters. The number of nitrogens with zero attached hydrogens (tertiary/aromatic N) is 3. The van der Waals surface area contributed by atoms with E-state index < -0.39 is 0 Å². The van der Waals surface area contributed by atoms with E-state index in [0.717, 1.165) is 18.8 Å². The molecule has 0 saturated heterocycles. The highest BCUT2D eigenvalue weighted by Gasteiger charge is 2.29. The fraction of sp³-hybridized carbons (Fsp3) is 0.250. The first kappa shape index (κ1) is 14.4. The zero-order valence-electron chi connectivity index (χ0n) is 13.6. The summed E-state index contributed by atoms with van der Waals surface area (Å²) < 4.78 is 0. The Hall–Kier alpha value is -2.23. The van der Waals surface area contributed by atoms with Gasteiger partial charge < -0.3 is 0 Å². The third kappa shape index (κ3) is 2.52. The highest BCUT2D eigenvalue weighted by atomic mass is 15.6. The molecule has 2 aromatic carbocycles. The number of fused-ring (bicyclic) bond motifs is 3. The van der Waals surface area contributed by atoms with E-state index in [-0.39, 0.29) is 0 Å². The Morgan fingerprint density at radius 3 is 2.61 bits per heavy atom. The summed E-state index contributed by atoms with van der Waals surface area (Å²) >= 11 is 0. The summed E-state index contributed by atoms with van der Waals surface area (Å²) in [7, 11) is 4.23. The molecule has 0 spiro atoms. The fourth-order valence-electron chi connectivity index (χ4n) is 3.58. The van der Waals surface area contributed by atoms with E-state index in [9.17, 15) is 0 Å². The van der Waals surface area contributed by atoms with Gasteiger partial charge in [0, 0.05) is 45.0 Å². The maximum absolute atomic E-state index is 4.66. The molecular formula is C20H21N3. The molecule has 0 aliphatic carbocycles. The topological polar surface area (TPSA) is 19.4 Å². The molecule has 2 heterocycles. The van der Waals surface area contributed by atoms with Crippen molar-refractivity contribution in [1.29, 1.82) is 0 Å². The Balaban J connectivity index is 1.94. The first-order valence-corrected chi connectivity index (χ1v) is 8.07. The summed E-state index contributed by atoms with van der Waals surface area (Å²) in [4.78, 5) is 4.66. The molecular weight excluding hydrogens is 282 g/mol. The van der Waals surface area contributed by atoms with Gasteiger partial charge in [-0.05, 0) is 34.0 Å². The van der Waals surface area contributed by atoms with Gasteiger partial charge in [-0.25, -0.2) is 10.0 Å². The predicted octanol–water partition coefficient (Wildman–Crippen LogP) is 3.66. The van der Waals surface area contributed by atoms with Crippen molar-refractivity contribution in [2.75, 3.05) is 20.6 Å². The van der Waals surface area contributed by atoms with Crippen LogP contribution >= 0.6 is 0 Å². The molecule has 1 aromatic heterocycles. The summed E-state index contributed by atoms with van der Waals surface area (Å²) in [5.74, 6) is 0.299. The highest BCUT2D eigenvalue weighted by Crippen LogP contribution is 2.37. The van der Waals surface area contributed by atoms with Crippen LogP contribution in [0.5, 0.6) is 0 Å². The van der Waals surface area contributed by atoms with Crippen molar-refractivity contribution in [1.82, 2.24) is 15.0 Å². The first-order chi connectivity index (χ1) is 11.2. The molecule has 1 aliphatic rings. The van der Waals surface area contributed by atoms with E-state index in [4.69, 9.17) is 0 Å². The third-order valence-electron chi connectivity index (χ3n) is 4.77. The molecule has 0 fully saturated rings. The number of hydrogen-bond donors (Lipinski definition) is 0. The second-order valence-electron chi connectivity index (χ2n) is 6.36. The van der Waals surface area contributed by atoms with Crippen LogP contribution in [0.3, 0.4) is 0 Å². The van der Waals surface area contributed by atoms with Crippen molar-refractivity contribution in [3.63, 3.8) is 0 Å². The van der Waals surface area contributed by atoms with Crippen molar-refractivity contribution in [3.8, 4) is 0 Å². The zero-order chi connectivity index (χ0) is 15.8. The molecule has 3 nitrogen and oxygen atoms in total. The Kier molecular flexibility index (Phi) is 3.60. The second kappa shape index (κ2) is 5.76. The van der Waals surface area contributed by atoms with Crippen molar-refractivity contribution in [2.45, 2.75) is 12.5 Å². The maximum Gasteiger partial charge on any atom is 0.0492 e. The van der Waals surface area contributed by atoms with E-state index >= 15 is 0 Å². The molecule has 116 valence electrons. The number of hydrazine groups is 1. The van der Waals surface area contributed by atoms with Crippen LogP contribution in [-0.2, 0) is 6.54 Å². The molecule has 0 bridgehead atoms. The Bertz CT molecular complexity index is 827.